The van der Waals surface area contributed by atoms with Crippen LogP contribution in [0.25, 0.3) is 6.08 Å². The van der Waals surface area contributed by atoms with Crippen LogP contribution in [-0.4, -0.2) is 18.5 Å². The first kappa shape index (κ1) is 16.5. The highest BCUT2D eigenvalue weighted by atomic mass is 16.5. The van der Waals surface area contributed by atoms with Gasteiger partial charge in [0.15, 0.2) is 0 Å². The molecule has 5 nitrogen and oxygen atoms in total. The Hall–Kier alpha value is -2.82. The van der Waals surface area contributed by atoms with Gasteiger partial charge in [-0.3, -0.25) is 4.79 Å². The zero-order chi connectivity index (χ0) is 16.5. The predicted molar refractivity (Wildman–Crippen MR) is 88.0 cm³/mol. The molecule has 23 heavy (non-hydrogen) atoms. The fraction of sp³-hybridized carbons (Fsp3) is 0.222. The number of furan rings is 1. The quantitative estimate of drug-likeness (QED) is 0.478. The first-order valence-corrected chi connectivity index (χ1v) is 7.49. The third kappa shape index (κ3) is 5.47. The lowest BCUT2D eigenvalue weighted by atomic mass is 10.2. The smallest absolute Gasteiger partial charge is 0.338 e. The summed E-state index contributed by atoms with van der Waals surface area (Å²) in [5, 5.41) is 2.69. The number of benzene rings is 1. The van der Waals surface area contributed by atoms with Crippen molar-refractivity contribution in [3.05, 3.63) is 60.1 Å². The van der Waals surface area contributed by atoms with E-state index in [-0.39, 0.29) is 11.9 Å². The Balaban J connectivity index is 1.94. The Labute approximate surface area is 134 Å². The molecule has 0 spiro atoms. The Bertz CT molecular complexity index is 674. The van der Waals surface area contributed by atoms with Gasteiger partial charge in [0.1, 0.15) is 5.76 Å². The van der Waals surface area contributed by atoms with Crippen LogP contribution in [0, 0.1) is 0 Å². The largest absolute Gasteiger partial charge is 0.465 e. The Morgan fingerprint density at radius 3 is 2.87 bits per heavy atom. The molecule has 0 aliphatic rings. The molecule has 0 aliphatic heterocycles. The number of hydrogen-bond donors (Lipinski definition) is 1. The highest BCUT2D eigenvalue weighted by Gasteiger charge is 2.08. The van der Waals surface area contributed by atoms with E-state index in [1.165, 1.54) is 12.3 Å². The number of carbonyl (C=O) groups excluding carboxylic acids is 2. The summed E-state index contributed by atoms with van der Waals surface area (Å²) in [7, 11) is 0. The van der Waals surface area contributed by atoms with E-state index in [1.807, 2.05) is 6.92 Å². The number of carbonyl (C=O) groups is 2. The molecule has 0 fully saturated rings. The maximum atomic E-state index is 11.9. The van der Waals surface area contributed by atoms with Gasteiger partial charge in [-0.05, 0) is 42.8 Å². The summed E-state index contributed by atoms with van der Waals surface area (Å²) in [4.78, 5) is 23.7. The third-order valence-electron chi connectivity index (χ3n) is 3.04. The minimum Gasteiger partial charge on any atom is -0.465 e. The zero-order valence-electron chi connectivity index (χ0n) is 13.0. The molecule has 1 heterocycles. The van der Waals surface area contributed by atoms with Crippen LogP contribution in [0.15, 0.2) is 53.2 Å². The average molecular weight is 313 g/mol. The summed E-state index contributed by atoms with van der Waals surface area (Å²) in [6, 6.07) is 10.1. The summed E-state index contributed by atoms with van der Waals surface area (Å²) in [6.45, 7) is 2.43. The Morgan fingerprint density at radius 1 is 1.26 bits per heavy atom. The predicted octanol–water partition coefficient (Wildman–Crippen LogP) is 3.89. The van der Waals surface area contributed by atoms with Crippen molar-refractivity contribution >= 4 is 23.6 Å². The summed E-state index contributed by atoms with van der Waals surface area (Å²) < 4.78 is 10.3. The molecule has 0 unspecified atom stereocenters. The highest BCUT2D eigenvalue weighted by molar-refractivity contribution is 6.02. The van der Waals surface area contributed by atoms with E-state index in [9.17, 15) is 9.59 Å². The van der Waals surface area contributed by atoms with Crippen LogP contribution in [0.1, 0.15) is 35.9 Å². The minimum absolute atomic E-state index is 0.307. The third-order valence-corrected chi connectivity index (χ3v) is 3.04. The summed E-state index contributed by atoms with van der Waals surface area (Å²) in [5.74, 6) is -0.105. The van der Waals surface area contributed by atoms with Crippen molar-refractivity contribution < 1.29 is 18.7 Å². The van der Waals surface area contributed by atoms with Crippen LogP contribution in [0.4, 0.5) is 5.69 Å². The molecule has 1 amide bonds. The molecular formula is C18H19NO4. The number of esters is 1. The fourth-order valence-electron chi connectivity index (χ4n) is 1.84. The highest BCUT2D eigenvalue weighted by Crippen LogP contribution is 2.12. The fourth-order valence-corrected chi connectivity index (χ4v) is 1.84. The van der Waals surface area contributed by atoms with E-state index < -0.39 is 0 Å². The van der Waals surface area contributed by atoms with Gasteiger partial charge in [0.05, 0.1) is 18.4 Å². The number of amides is 1. The first-order valence-electron chi connectivity index (χ1n) is 7.49. The van der Waals surface area contributed by atoms with Gasteiger partial charge in [-0.25, -0.2) is 4.79 Å². The lowest BCUT2D eigenvalue weighted by Gasteiger charge is -2.06. The van der Waals surface area contributed by atoms with Gasteiger partial charge < -0.3 is 14.5 Å². The van der Waals surface area contributed by atoms with Crippen molar-refractivity contribution in [3.8, 4) is 0 Å². The molecule has 0 aliphatic carbocycles. The van der Waals surface area contributed by atoms with E-state index >= 15 is 0 Å². The number of nitrogens with one attached hydrogen (secondary N) is 1. The molecule has 5 heteroatoms. The molecule has 2 aromatic rings. The van der Waals surface area contributed by atoms with Gasteiger partial charge in [-0.1, -0.05) is 19.4 Å². The summed E-state index contributed by atoms with van der Waals surface area (Å²) in [6.07, 6.45) is 6.26. The molecule has 0 saturated heterocycles. The second kappa shape index (κ2) is 8.58. The molecule has 2 rings (SSSR count). The van der Waals surface area contributed by atoms with Crippen molar-refractivity contribution in [2.24, 2.45) is 0 Å². The van der Waals surface area contributed by atoms with Gasteiger partial charge in [0, 0.05) is 11.8 Å². The summed E-state index contributed by atoms with van der Waals surface area (Å²) in [5.41, 5.74) is 0.943. The van der Waals surface area contributed by atoms with E-state index in [1.54, 1.807) is 42.5 Å². The zero-order valence-corrected chi connectivity index (χ0v) is 13.0. The maximum absolute atomic E-state index is 11.9. The SMILES string of the molecule is CCCCOC(=O)c1cccc(NC(=O)/C=C/c2ccco2)c1. The van der Waals surface area contributed by atoms with Crippen molar-refractivity contribution in [3.63, 3.8) is 0 Å². The monoisotopic (exact) mass is 313 g/mol. The van der Waals surface area contributed by atoms with Gasteiger partial charge in [0.25, 0.3) is 0 Å². The molecule has 1 aromatic carbocycles. The lowest BCUT2D eigenvalue weighted by Crippen LogP contribution is -2.10. The molecule has 0 bridgehead atoms. The van der Waals surface area contributed by atoms with E-state index in [4.69, 9.17) is 9.15 Å². The van der Waals surface area contributed by atoms with Crippen LogP contribution in [0.5, 0.6) is 0 Å². The molecular weight excluding hydrogens is 294 g/mol. The molecule has 0 atom stereocenters. The van der Waals surface area contributed by atoms with Crippen molar-refractivity contribution in [1.82, 2.24) is 0 Å². The standard InChI is InChI=1S/C18H19NO4/c1-2-3-11-23-18(21)14-6-4-7-15(13-14)19-17(20)10-9-16-8-5-12-22-16/h4-10,12-13H,2-3,11H2,1H3,(H,19,20)/b10-9+. The van der Waals surface area contributed by atoms with E-state index in [2.05, 4.69) is 5.32 Å². The van der Waals surface area contributed by atoms with E-state index in [0.29, 0.717) is 23.6 Å². The molecule has 0 radical (unpaired) electrons. The van der Waals surface area contributed by atoms with Crippen molar-refractivity contribution in [2.45, 2.75) is 19.8 Å². The summed E-state index contributed by atoms with van der Waals surface area (Å²) >= 11 is 0. The normalized spacial score (nSPS) is 10.7. The van der Waals surface area contributed by atoms with Gasteiger partial charge in [-0.2, -0.15) is 0 Å². The number of unbranched alkanes of at least 4 members (excludes halogenated alkanes) is 1. The second-order valence-electron chi connectivity index (χ2n) is 4.91. The van der Waals surface area contributed by atoms with Gasteiger partial charge >= 0.3 is 5.97 Å². The van der Waals surface area contributed by atoms with Gasteiger partial charge in [-0.15, -0.1) is 0 Å². The second-order valence-corrected chi connectivity index (χ2v) is 4.91. The number of ether oxygens (including phenoxy) is 1. The topological polar surface area (TPSA) is 68.5 Å². The minimum atomic E-state index is -0.388. The van der Waals surface area contributed by atoms with Crippen LogP contribution < -0.4 is 5.32 Å². The Morgan fingerprint density at radius 2 is 2.13 bits per heavy atom. The number of anilines is 1. The Kier molecular flexibility index (Phi) is 6.17. The maximum Gasteiger partial charge on any atom is 0.338 e. The molecule has 120 valence electrons. The van der Waals surface area contributed by atoms with Crippen molar-refractivity contribution in [2.75, 3.05) is 11.9 Å². The average Bonchev–Trinajstić information content (AvgIpc) is 3.07. The van der Waals surface area contributed by atoms with Crippen LogP contribution in [-0.2, 0) is 9.53 Å². The molecule has 1 N–H and O–H groups in total. The number of hydrogen-bond acceptors (Lipinski definition) is 4. The number of rotatable bonds is 7. The van der Waals surface area contributed by atoms with Crippen LogP contribution >= 0.6 is 0 Å². The van der Waals surface area contributed by atoms with Gasteiger partial charge in [0.2, 0.25) is 5.91 Å². The van der Waals surface area contributed by atoms with Crippen molar-refractivity contribution in [1.29, 1.82) is 0 Å². The first-order chi connectivity index (χ1) is 11.2. The molecule has 1 aromatic heterocycles. The molecule has 0 saturated carbocycles. The van der Waals surface area contributed by atoms with Crippen LogP contribution in [0.2, 0.25) is 0 Å². The van der Waals surface area contributed by atoms with Crippen LogP contribution in [0.3, 0.4) is 0 Å². The lowest BCUT2D eigenvalue weighted by molar-refractivity contribution is -0.111. The van der Waals surface area contributed by atoms with E-state index in [0.717, 1.165) is 12.8 Å².